The highest BCUT2D eigenvalue weighted by Crippen LogP contribution is 2.34. The van der Waals surface area contributed by atoms with Gasteiger partial charge < -0.3 is 0 Å². The molecule has 0 atom stereocenters. The molecular weight excluding hydrogens is 368 g/mol. The van der Waals surface area contributed by atoms with E-state index in [0.717, 1.165) is 9.75 Å². The lowest BCUT2D eigenvalue weighted by Crippen LogP contribution is -1.62. The molecule has 0 saturated carbocycles. The van der Waals surface area contributed by atoms with Crippen LogP contribution in [0.25, 0.3) is 19.5 Å². The Morgan fingerprint density at radius 2 is 0.875 bits per heavy atom. The van der Waals surface area contributed by atoms with Gasteiger partial charge in [-0.15, -0.1) is 45.3 Å². The molecule has 0 N–H and O–H groups in total. The Morgan fingerprint density at radius 3 is 1.25 bits per heavy atom. The molecule has 118 valence electrons. The van der Waals surface area contributed by atoms with E-state index in [1.807, 2.05) is 22.7 Å². The normalized spacial score (nSPS) is 10.6. The highest BCUT2D eigenvalue weighted by Gasteiger charge is 2.05. The molecule has 0 saturated heterocycles. The van der Waals surface area contributed by atoms with Crippen molar-refractivity contribution in [2.45, 2.75) is 13.8 Å². The van der Waals surface area contributed by atoms with E-state index in [-0.39, 0.29) is 0 Å². The summed E-state index contributed by atoms with van der Waals surface area (Å²) in [6.07, 6.45) is 0. The van der Waals surface area contributed by atoms with E-state index < -0.39 is 0 Å². The van der Waals surface area contributed by atoms with Crippen LogP contribution in [0.1, 0.15) is 19.5 Å². The van der Waals surface area contributed by atoms with Gasteiger partial charge in [0.05, 0.1) is 9.75 Å². The minimum absolute atomic E-state index is 1.12. The first kappa shape index (κ1) is 15.9. The summed E-state index contributed by atoms with van der Waals surface area (Å²) in [5.74, 6) is 6.63. The molecule has 0 bridgehead atoms. The Balaban J connectivity index is 1.55. The lowest BCUT2D eigenvalue weighted by atomic mass is 10.3. The van der Waals surface area contributed by atoms with Crippen LogP contribution in [0, 0.1) is 25.7 Å². The summed E-state index contributed by atoms with van der Waals surface area (Å²) in [5.41, 5.74) is 0. The van der Waals surface area contributed by atoms with Gasteiger partial charge in [-0.2, -0.15) is 0 Å². The van der Waals surface area contributed by atoms with Crippen molar-refractivity contribution in [3.05, 3.63) is 68.0 Å². The Hall–Kier alpha value is -1.64. The average molecular weight is 383 g/mol. The molecule has 0 aliphatic rings. The lowest BCUT2D eigenvalue weighted by molar-refractivity contribution is 1.64. The van der Waals surface area contributed by atoms with Crippen molar-refractivity contribution in [2.24, 2.45) is 0 Å². The predicted molar refractivity (Wildman–Crippen MR) is 111 cm³/mol. The quantitative estimate of drug-likeness (QED) is 0.319. The molecular formula is C20H14S4. The van der Waals surface area contributed by atoms with Gasteiger partial charge in [-0.1, -0.05) is 0 Å². The second kappa shape index (κ2) is 6.70. The number of hydrogen-bond donors (Lipinski definition) is 0. The van der Waals surface area contributed by atoms with Crippen LogP contribution in [-0.4, -0.2) is 0 Å². The van der Waals surface area contributed by atoms with Crippen molar-refractivity contribution < 1.29 is 0 Å². The van der Waals surface area contributed by atoms with Crippen molar-refractivity contribution in [1.29, 1.82) is 0 Å². The largest absolute Gasteiger partial charge is 0.140 e. The van der Waals surface area contributed by atoms with Gasteiger partial charge in [0.25, 0.3) is 0 Å². The third-order valence-electron chi connectivity index (χ3n) is 3.49. The Morgan fingerprint density at radius 1 is 0.500 bits per heavy atom. The summed E-state index contributed by atoms with van der Waals surface area (Å²) in [5, 5.41) is 0. The molecule has 0 aliphatic heterocycles. The highest BCUT2D eigenvalue weighted by atomic mass is 32.1. The Kier molecular flexibility index (Phi) is 4.43. The molecule has 0 amide bonds. The minimum atomic E-state index is 1.12. The van der Waals surface area contributed by atoms with E-state index in [9.17, 15) is 0 Å². The fourth-order valence-electron chi connectivity index (χ4n) is 2.33. The van der Waals surface area contributed by atoms with Crippen molar-refractivity contribution in [3.8, 4) is 31.3 Å². The van der Waals surface area contributed by atoms with Gasteiger partial charge in [-0.25, -0.2) is 0 Å². The summed E-state index contributed by atoms with van der Waals surface area (Å²) < 4.78 is 0. The monoisotopic (exact) mass is 382 g/mol. The van der Waals surface area contributed by atoms with Gasteiger partial charge in [0.1, 0.15) is 0 Å². The van der Waals surface area contributed by atoms with E-state index in [0.29, 0.717) is 0 Å². The maximum absolute atomic E-state index is 3.31. The standard InChI is InChI=1S/C20H14S4/c1-13-3-9-17(21-13)19-11-7-15(23-19)5-6-16-8-12-20(24-16)18-10-4-14(2)22-18/h3-4,7-12H,1-2H3. The highest BCUT2D eigenvalue weighted by molar-refractivity contribution is 7.23. The molecule has 0 aromatic carbocycles. The van der Waals surface area contributed by atoms with Crippen LogP contribution in [0.4, 0.5) is 0 Å². The van der Waals surface area contributed by atoms with Crippen molar-refractivity contribution >= 4 is 45.3 Å². The van der Waals surface area contributed by atoms with Crippen LogP contribution < -0.4 is 0 Å². The smallest absolute Gasteiger partial charge is 0.0779 e. The third kappa shape index (κ3) is 3.40. The minimum Gasteiger partial charge on any atom is -0.140 e. The van der Waals surface area contributed by atoms with Crippen LogP contribution in [0.2, 0.25) is 0 Å². The fourth-order valence-corrected chi connectivity index (χ4v) is 5.97. The fraction of sp³-hybridized carbons (Fsp3) is 0.100. The zero-order chi connectivity index (χ0) is 16.5. The van der Waals surface area contributed by atoms with E-state index in [1.165, 1.54) is 29.3 Å². The molecule has 0 fully saturated rings. The first-order chi connectivity index (χ1) is 11.7. The van der Waals surface area contributed by atoms with Gasteiger partial charge in [0, 0.05) is 29.3 Å². The second-order valence-corrected chi connectivity index (χ2v) is 10.1. The van der Waals surface area contributed by atoms with Crippen molar-refractivity contribution in [1.82, 2.24) is 0 Å². The molecule has 0 aliphatic carbocycles. The molecule has 0 spiro atoms. The number of thiophene rings is 4. The third-order valence-corrected chi connectivity index (χ3v) is 7.88. The number of aryl methyl sites for hydroxylation is 2. The van der Waals surface area contributed by atoms with Gasteiger partial charge in [-0.05, 0) is 74.2 Å². The van der Waals surface area contributed by atoms with Gasteiger partial charge in [0.15, 0.2) is 0 Å². The molecule has 4 heterocycles. The Bertz CT molecular complexity index is 960. The topological polar surface area (TPSA) is 0 Å². The molecule has 0 nitrogen and oxygen atoms in total. The summed E-state index contributed by atoms with van der Waals surface area (Å²) in [4.78, 5) is 10.2. The summed E-state index contributed by atoms with van der Waals surface area (Å²) in [6.45, 7) is 4.29. The summed E-state index contributed by atoms with van der Waals surface area (Å²) >= 11 is 7.21. The van der Waals surface area contributed by atoms with E-state index in [4.69, 9.17) is 0 Å². The summed E-state index contributed by atoms with van der Waals surface area (Å²) in [6, 6.07) is 17.3. The summed E-state index contributed by atoms with van der Waals surface area (Å²) in [7, 11) is 0. The van der Waals surface area contributed by atoms with E-state index in [1.54, 1.807) is 22.7 Å². The molecule has 4 rings (SSSR count). The van der Waals surface area contributed by atoms with Gasteiger partial charge in [-0.3, -0.25) is 0 Å². The van der Waals surface area contributed by atoms with Crippen molar-refractivity contribution in [2.75, 3.05) is 0 Å². The molecule has 0 unspecified atom stereocenters. The van der Waals surface area contributed by atoms with Crippen LogP contribution in [0.15, 0.2) is 48.5 Å². The number of hydrogen-bond acceptors (Lipinski definition) is 4. The van der Waals surface area contributed by atoms with Crippen LogP contribution in [-0.2, 0) is 0 Å². The predicted octanol–water partition coefficient (Wildman–Crippen LogP) is 7.28. The van der Waals surface area contributed by atoms with Crippen LogP contribution >= 0.6 is 45.3 Å². The first-order valence-corrected chi connectivity index (χ1v) is 10.8. The van der Waals surface area contributed by atoms with Crippen LogP contribution in [0.3, 0.4) is 0 Å². The zero-order valence-corrected chi connectivity index (χ0v) is 16.5. The Labute approximate surface area is 158 Å². The van der Waals surface area contributed by atoms with Crippen LogP contribution in [0.5, 0.6) is 0 Å². The van der Waals surface area contributed by atoms with E-state index in [2.05, 4.69) is 74.2 Å². The molecule has 0 radical (unpaired) electrons. The maximum atomic E-state index is 3.31. The molecule has 4 heteroatoms. The lowest BCUT2D eigenvalue weighted by Gasteiger charge is -1.87. The second-order valence-electron chi connectivity index (χ2n) is 5.40. The van der Waals surface area contributed by atoms with Crippen molar-refractivity contribution in [3.63, 3.8) is 0 Å². The molecule has 4 aromatic heterocycles. The molecule has 4 aromatic rings. The average Bonchev–Trinajstić information content (AvgIpc) is 3.32. The van der Waals surface area contributed by atoms with E-state index >= 15 is 0 Å². The SMILES string of the molecule is Cc1ccc(-c2ccc(C#Cc3ccc(-c4ccc(C)s4)s3)s2)s1. The number of rotatable bonds is 2. The molecule has 24 heavy (non-hydrogen) atoms. The zero-order valence-electron chi connectivity index (χ0n) is 13.3. The van der Waals surface area contributed by atoms with Gasteiger partial charge >= 0.3 is 0 Å². The maximum Gasteiger partial charge on any atom is 0.0779 e. The van der Waals surface area contributed by atoms with Gasteiger partial charge in [0.2, 0.25) is 0 Å². The first-order valence-electron chi connectivity index (χ1n) is 7.53.